The second-order valence-corrected chi connectivity index (χ2v) is 6.39. The van der Waals surface area contributed by atoms with Crippen LogP contribution in [0.25, 0.3) is 0 Å². The topological polar surface area (TPSA) is 32.3 Å². The van der Waals surface area contributed by atoms with Crippen LogP contribution in [0, 0.1) is 0 Å². The van der Waals surface area contributed by atoms with Crippen molar-refractivity contribution in [2.24, 2.45) is 0 Å². The first-order chi connectivity index (χ1) is 8.89. The molecule has 1 saturated heterocycles. The van der Waals surface area contributed by atoms with Crippen LogP contribution in [-0.2, 0) is 5.41 Å². The van der Waals surface area contributed by atoms with E-state index in [1.54, 1.807) is 0 Å². The molecule has 1 aromatic carbocycles. The minimum atomic E-state index is 0. The number of likely N-dealkylation sites (N-methyl/N-ethyl adjacent to an activating group) is 1. The summed E-state index contributed by atoms with van der Waals surface area (Å²) in [5.41, 5.74) is 2.17. The van der Waals surface area contributed by atoms with Gasteiger partial charge in [0.2, 0.25) is 0 Å². The van der Waals surface area contributed by atoms with E-state index in [-0.39, 0.29) is 23.7 Å². The van der Waals surface area contributed by atoms with E-state index in [4.69, 9.17) is 0 Å². The second kappa shape index (κ2) is 6.59. The number of benzene rings is 1. The van der Waals surface area contributed by atoms with Crippen LogP contribution in [0.1, 0.15) is 43.1 Å². The molecule has 0 saturated carbocycles. The van der Waals surface area contributed by atoms with Crippen molar-refractivity contribution in [2.45, 2.75) is 38.6 Å². The Balaban J connectivity index is 0.00000200. The van der Waals surface area contributed by atoms with Crippen molar-refractivity contribution in [3.63, 3.8) is 0 Å². The molecule has 1 fully saturated rings. The van der Waals surface area contributed by atoms with Crippen LogP contribution >= 0.6 is 12.4 Å². The Hall–Kier alpha value is -1.06. The van der Waals surface area contributed by atoms with Gasteiger partial charge in [-0.1, -0.05) is 32.9 Å². The fourth-order valence-corrected chi connectivity index (χ4v) is 2.45. The standard InChI is InChI=1S/C16H24N2O.ClH/c1-16(2,3)13-7-5-12(6-8-13)15(19)18(4)14-9-10-17-11-14;/h5-8,14,17H,9-11H2,1-4H3;1H. The summed E-state index contributed by atoms with van der Waals surface area (Å²) in [5, 5.41) is 3.29. The number of hydrogen-bond donors (Lipinski definition) is 1. The van der Waals surface area contributed by atoms with Crippen molar-refractivity contribution in [2.75, 3.05) is 20.1 Å². The Bertz CT molecular complexity index is 445. The van der Waals surface area contributed by atoms with Crippen molar-refractivity contribution < 1.29 is 4.79 Å². The summed E-state index contributed by atoms with van der Waals surface area (Å²) in [4.78, 5) is 14.3. The Morgan fingerprint density at radius 2 is 1.85 bits per heavy atom. The van der Waals surface area contributed by atoms with Crippen molar-refractivity contribution in [3.05, 3.63) is 35.4 Å². The van der Waals surface area contributed by atoms with Crippen molar-refractivity contribution in [1.82, 2.24) is 10.2 Å². The van der Waals surface area contributed by atoms with Crippen molar-refractivity contribution >= 4 is 18.3 Å². The normalized spacial score (nSPS) is 18.5. The third kappa shape index (κ3) is 3.74. The lowest BCUT2D eigenvalue weighted by Gasteiger charge is -2.24. The number of halogens is 1. The molecule has 4 heteroatoms. The molecule has 0 spiro atoms. The second-order valence-electron chi connectivity index (χ2n) is 6.39. The molecule has 1 atom stereocenters. The number of nitrogens with zero attached hydrogens (tertiary/aromatic N) is 1. The predicted octanol–water partition coefficient (Wildman–Crippen LogP) is 2.84. The molecule has 0 radical (unpaired) electrons. The van der Waals surface area contributed by atoms with Crippen LogP contribution in [-0.4, -0.2) is 37.0 Å². The number of nitrogens with one attached hydrogen (secondary N) is 1. The monoisotopic (exact) mass is 296 g/mol. The quantitative estimate of drug-likeness (QED) is 0.910. The van der Waals surface area contributed by atoms with Gasteiger partial charge in [0.05, 0.1) is 0 Å². The maximum Gasteiger partial charge on any atom is 0.253 e. The Morgan fingerprint density at radius 3 is 2.30 bits per heavy atom. The van der Waals surface area contributed by atoms with Gasteiger partial charge >= 0.3 is 0 Å². The minimum Gasteiger partial charge on any atom is -0.337 e. The van der Waals surface area contributed by atoms with Gasteiger partial charge in [-0.05, 0) is 36.1 Å². The lowest BCUT2D eigenvalue weighted by atomic mass is 9.86. The minimum absolute atomic E-state index is 0. The van der Waals surface area contributed by atoms with Crippen LogP contribution in [0.15, 0.2) is 24.3 Å². The molecule has 1 aromatic rings. The first kappa shape index (κ1) is 17.0. The van der Waals surface area contributed by atoms with Gasteiger partial charge in [0, 0.05) is 25.2 Å². The molecule has 112 valence electrons. The highest BCUT2D eigenvalue weighted by Gasteiger charge is 2.24. The summed E-state index contributed by atoms with van der Waals surface area (Å²) in [5.74, 6) is 0.120. The van der Waals surface area contributed by atoms with E-state index in [1.807, 2.05) is 24.1 Å². The number of amides is 1. The molecule has 1 unspecified atom stereocenters. The van der Waals surface area contributed by atoms with E-state index in [0.717, 1.165) is 25.1 Å². The van der Waals surface area contributed by atoms with Crippen molar-refractivity contribution in [1.29, 1.82) is 0 Å². The highest BCUT2D eigenvalue weighted by atomic mass is 35.5. The zero-order valence-corrected chi connectivity index (χ0v) is 13.6. The van der Waals surface area contributed by atoms with Crippen molar-refractivity contribution in [3.8, 4) is 0 Å². The molecule has 20 heavy (non-hydrogen) atoms. The lowest BCUT2D eigenvalue weighted by molar-refractivity contribution is 0.0743. The third-order valence-corrected chi connectivity index (χ3v) is 3.90. The number of carbonyl (C=O) groups excluding carboxylic acids is 1. The zero-order chi connectivity index (χ0) is 14.0. The first-order valence-electron chi connectivity index (χ1n) is 6.98. The highest BCUT2D eigenvalue weighted by molar-refractivity contribution is 5.94. The smallest absolute Gasteiger partial charge is 0.253 e. The summed E-state index contributed by atoms with van der Waals surface area (Å²) >= 11 is 0. The van der Waals surface area contributed by atoms with Gasteiger partial charge in [-0.15, -0.1) is 12.4 Å². The predicted molar refractivity (Wildman–Crippen MR) is 85.8 cm³/mol. The number of rotatable bonds is 2. The molecule has 1 heterocycles. The van der Waals surface area contributed by atoms with E-state index < -0.39 is 0 Å². The van der Waals surface area contributed by atoms with Crippen LogP contribution < -0.4 is 5.32 Å². The van der Waals surface area contributed by atoms with Gasteiger partial charge in [-0.2, -0.15) is 0 Å². The number of hydrogen-bond acceptors (Lipinski definition) is 2. The fourth-order valence-electron chi connectivity index (χ4n) is 2.45. The molecular weight excluding hydrogens is 272 g/mol. The van der Waals surface area contributed by atoms with Gasteiger partial charge in [0.1, 0.15) is 0 Å². The Labute approximate surface area is 128 Å². The van der Waals surface area contributed by atoms with E-state index in [0.29, 0.717) is 6.04 Å². The molecule has 0 aromatic heterocycles. The molecule has 1 amide bonds. The summed E-state index contributed by atoms with van der Waals surface area (Å²) in [6.45, 7) is 8.45. The lowest BCUT2D eigenvalue weighted by Crippen LogP contribution is -2.38. The molecule has 2 rings (SSSR count). The molecule has 0 bridgehead atoms. The SMILES string of the molecule is CN(C(=O)c1ccc(C(C)(C)C)cc1)C1CCNC1.Cl. The first-order valence-corrected chi connectivity index (χ1v) is 6.98. The summed E-state index contributed by atoms with van der Waals surface area (Å²) in [6.07, 6.45) is 1.04. The third-order valence-electron chi connectivity index (χ3n) is 3.90. The Morgan fingerprint density at radius 1 is 1.25 bits per heavy atom. The average Bonchev–Trinajstić information content (AvgIpc) is 2.90. The van der Waals surface area contributed by atoms with Gasteiger partial charge in [0.25, 0.3) is 5.91 Å². The van der Waals surface area contributed by atoms with Crippen LogP contribution in [0.5, 0.6) is 0 Å². The largest absolute Gasteiger partial charge is 0.337 e. The molecule has 1 aliphatic heterocycles. The van der Waals surface area contributed by atoms with Gasteiger partial charge in [-0.3, -0.25) is 4.79 Å². The molecule has 1 aliphatic rings. The molecule has 3 nitrogen and oxygen atoms in total. The summed E-state index contributed by atoms with van der Waals surface area (Å²) in [7, 11) is 1.90. The maximum atomic E-state index is 12.4. The molecular formula is C16H25ClN2O. The molecule has 1 N–H and O–H groups in total. The number of carbonyl (C=O) groups is 1. The van der Waals surface area contributed by atoms with E-state index in [1.165, 1.54) is 5.56 Å². The highest BCUT2D eigenvalue weighted by Crippen LogP contribution is 2.22. The van der Waals surface area contributed by atoms with E-state index in [2.05, 4.69) is 38.2 Å². The van der Waals surface area contributed by atoms with E-state index >= 15 is 0 Å². The fraction of sp³-hybridized carbons (Fsp3) is 0.562. The van der Waals surface area contributed by atoms with E-state index in [9.17, 15) is 4.79 Å². The molecule has 0 aliphatic carbocycles. The summed E-state index contributed by atoms with van der Waals surface area (Å²) in [6, 6.07) is 8.35. The Kier molecular flexibility index (Phi) is 5.60. The summed E-state index contributed by atoms with van der Waals surface area (Å²) < 4.78 is 0. The van der Waals surface area contributed by atoms with Crippen LogP contribution in [0.3, 0.4) is 0 Å². The van der Waals surface area contributed by atoms with Gasteiger partial charge in [-0.25, -0.2) is 0 Å². The average molecular weight is 297 g/mol. The van der Waals surface area contributed by atoms with Gasteiger partial charge < -0.3 is 10.2 Å². The zero-order valence-electron chi connectivity index (χ0n) is 12.8. The maximum absolute atomic E-state index is 12.4. The van der Waals surface area contributed by atoms with Gasteiger partial charge in [0.15, 0.2) is 0 Å². The van der Waals surface area contributed by atoms with Crippen LogP contribution in [0.4, 0.5) is 0 Å². The van der Waals surface area contributed by atoms with Crippen LogP contribution in [0.2, 0.25) is 0 Å².